The SMILES string of the molecule is CC(C)c1ccc2ncn(CCC(C)(C)c3ccc4nc(N)n(C)c4c3)c2c1. The molecule has 0 bridgehead atoms. The summed E-state index contributed by atoms with van der Waals surface area (Å²) in [4.78, 5) is 8.99. The molecule has 2 aromatic carbocycles. The number of imidazole rings is 2. The second-order valence-electron chi connectivity index (χ2n) is 8.71. The first-order chi connectivity index (χ1) is 13.3. The molecule has 0 radical (unpaired) electrons. The molecule has 0 unspecified atom stereocenters. The van der Waals surface area contributed by atoms with Crippen LogP contribution in [0.3, 0.4) is 0 Å². The van der Waals surface area contributed by atoms with E-state index in [2.05, 4.69) is 78.6 Å². The molecule has 4 rings (SSSR count). The fourth-order valence-corrected chi connectivity index (χ4v) is 3.78. The Labute approximate surface area is 166 Å². The third-order valence-corrected chi connectivity index (χ3v) is 5.99. The van der Waals surface area contributed by atoms with Crippen molar-refractivity contribution in [2.75, 3.05) is 5.73 Å². The number of aromatic nitrogens is 4. The highest BCUT2D eigenvalue weighted by atomic mass is 15.1. The molecule has 5 nitrogen and oxygen atoms in total. The minimum atomic E-state index is 0.0273. The zero-order chi connectivity index (χ0) is 20.1. The molecule has 0 saturated heterocycles. The van der Waals surface area contributed by atoms with E-state index in [0.29, 0.717) is 11.9 Å². The summed E-state index contributed by atoms with van der Waals surface area (Å²) in [7, 11) is 1.96. The summed E-state index contributed by atoms with van der Waals surface area (Å²) in [5.74, 6) is 1.07. The molecular formula is C23H29N5. The first kappa shape index (κ1) is 18.5. The maximum Gasteiger partial charge on any atom is 0.200 e. The molecule has 0 aliphatic carbocycles. The van der Waals surface area contributed by atoms with Crippen molar-refractivity contribution in [3.8, 4) is 0 Å². The van der Waals surface area contributed by atoms with Gasteiger partial charge in [0.15, 0.2) is 0 Å². The molecule has 4 aromatic rings. The number of fused-ring (bicyclic) bond motifs is 2. The van der Waals surface area contributed by atoms with Gasteiger partial charge in [-0.25, -0.2) is 9.97 Å². The Kier molecular flexibility index (Phi) is 4.41. The molecule has 0 atom stereocenters. The van der Waals surface area contributed by atoms with Gasteiger partial charge in [0.1, 0.15) is 0 Å². The topological polar surface area (TPSA) is 61.7 Å². The smallest absolute Gasteiger partial charge is 0.200 e. The summed E-state index contributed by atoms with van der Waals surface area (Å²) in [6.07, 6.45) is 2.99. The van der Waals surface area contributed by atoms with Crippen LogP contribution in [0, 0.1) is 0 Å². The number of nitrogens with two attached hydrogens (primary N) is 1. The quantitative estimate of drug-likeness (QED) is 0.534. The summed E-state index contributed by atoms with van der Waals surface area (Å²) in [6.45, 7) is 9.98. The number of nitrogen functional groups attached to an aromatic ring is 1. The molecule has 2 N–H and O–H groups in total. The highest BCUT2D eigenvalue weighted by molar-refractivity contribution is 5.79. The Morgan fingerprint density at radius 1 is 1.04 bits per heavy atom. The van der Waals surface area contributed by atoms with E-state index in [0.717, 1.165) is 29.5 Å². The summed E-state index contributed by atoms with van der Waals surface area (Å²) >= 11 is 0. The predicted octanol–water partition coefficient (Wildman–Crippen LogP) is 5.00. The van der Waals surface area contributed by atoms with Crippen molar-refractivity contribution < 1.29 is 0 Å². The van der Waals surface area contributed by atoms with Gasteiger partial charge in [0.05, 0.1) is 28.4 Å². The van der Waals surface area contributed by atoms with Gasteiger partial charge in [-0.05, 0) is 53.1 Å². The molecule has 0 amide bonds. The predicted molar refractivity (Wildman–Crippen MR) is 117 cm³/mol. The van der Waals surface area contributed by atoms with Crippen LogP contribution in [0.2, 0.25) is 0 Å². The summed E-state index contributed by atoms with van der Waals surface area (Å²) in [6, 6.07) is 13.1. The Morgan fingerprint density at radius 3 is 2.54 bits per heavy atom. The van der Waals surface area contributed by atoms with E-state index in [-0.39, 0.29) is 5.41 Å². The molecule has 146 valence electrons. The third kappa shape index (κ3) is 3.15. The number of hydrogen-bond acceptors (Lipinski definition) is 3. The van der Waals surface area contributed by atoms with Gasteiger partial charge in [0.2, 0.25) is 5.95 Å². The van der Waals surface area contributed by atoms with Crippen molar-refractivity contribution in [1.82, 2.24) is 19.1 Å². The highest BCUT2D eigenvalue weighted by Gasteiger charge is 2.22. The molecule has 2 aromatic heterocycles. The van der Waals surface area contributed by atoms with Gasteiger partial charge in [-0.2, -0.15) is 0 Å². The van der Waals surface area contributed by atoms with E-state index in [1.807, 2.05) is 17.9 Å². The number of aryl methyl sites for hydroxylation is 2. The van der Waals surface area contributed by atoms with Crippen LogP contribution in [0.25, 0.3) is 22.1 Å². The van der Waals surface area contributed by atoms with E-state index < -0.39 is 0 Å². The van der Waals surface area contributed by atoms with Gasteiger partial charge >= 0.3 is 0 Å². The van der Waals surface area contributed by atoms with Gasteiger partial charge in [-0.1, -0.05) is 39.8 Å². The van der Waals surface area contributed by atoms with Gasteiger partial charge in [-0.3, -0.25) is 0 Å². The number of nitrogens with zero attached hydrogens (tertiary/aromatic N) is 4. The van der Waals surface area contributed by atoms with Crippen LogP contribution >= 0.6 is 0 Å². The van der Waals surface area contributed by atoms with E-state index in [1.165, 1.54) is 16.6 Å². The number of anilines is 1. The van der Waals surface area contributed by atoms with Gasteiger partial charge in [-0.15, -0.1) is 0 Å². The second kappa shape index (κ2) is 6.66. The van der Waals surface area contributed by atoms with Crippen molar-refractivity contribution in [1.29, 1.82) is 0 Å². The summed E-state index contributed by atoms with van der Waals surface area (Å²) in [5, 5.41) is 0. The lowest BCUT2D eigenvalue weighted by Gasteiger charge is -2.26. The maximum atomic E-state index is 5.96. The molecule has 28 heavy (non-hydrogen) atoms. The van der Waals surface area contributed by atoms with Crippen LogP contribution in [0.1, 0.15) is 51.2 Å². The molecule has 0 aliphatic heterocycles. The maximum absolute atomic E-state index is 5.96. The lowest BCUT2D eigenvalue weighted by molar-refractivity contribution is 0.441. The van der Waals surface area contributed by atoms with Crippen molar-refractivity contribution in [2.45, 2.75) is 52.0 Å². The first-order valence-electron chi connectivity index (χ1n) is 9.93. The lowest BCUT2D eigenvalue weighted by atomic mass is 9.81. The number of hydrogen-bond donors (Lipinski definition) is 1. The fourth-order valence-electron chi connectivity index (χ4n) is 3.78. The van der Waals surface area contributed by atoms with Crippen LogP contribution in [-0.4, -0.2) is 19.1 Å². The van der Waals surface area contributed by atoms with Crippen molar-refractivity contribution in [3.05, 3.63) is 53.9 Å². The van der Waals surface area contributed by atoms with Crippen molar-refractivity contribution >= 4 is 28.0 Å². The number of rotatable bonds is 5. The molecule has 5 heteroatoms. The summed E-state index contributed by atoms with van der Waals surface area (Å²) in [5.41, 5.74) is 13.0. The Hall–Kier alpha value is -2.82. The monoisotopic (exact) mass is 375 g/mol. The van der Waals surface area contributed by atoms with Crippen LogP contribution < -0.4 is 5.73 Å². The van der Waals surface area contributed by atoms with Crippen molar-refractivity contribution in [2.24, 2.45) is 7.05 Å². The van der Waals surface area contributed by atoms with Gasteiger partial charge < -0.3 is 14.9 Å². The molecular weight excluding hydrogens is 346 g/mol. The Morgan fingerprint density at radius 2 is 1.79 bits per heavy atom. The molecule has 0 fully saturated rings. The van der Waals surface area contributed by atoms with Crippen molar-refractivity contribution in [3.63, 3.8) is 0 Å². The zero-order valence-corrected chi connectivity index (χ0v) is 17.4. The minimum absolute atomic E-state index is 0.0273. The fraction of sp³-hybridized carbons (Fsp3) is 0.391. The van der Waals surface area contributed by atoms with Crippen LogP contribution in [0.5, 0.6) is 0 Å². The lowest BCUT2D eigenvalue weighted by Crippen LogP contribution is -2.19. The highest BCUT2D eigenvalue weighted by Crippen LogP contribution is 2.31. The van der Waals surface area contributed by atoms with Crippen LogP contribution in [0.4, 0.5) is 5.95 Å². The largest absolute Gasteiger partial charge is 0.369 e. The number of benzene rings is 2. The standard InChI is InChI=1S/C23H29N5/c1-15(2)16-6-8-18-21(12-16)28(14-25-18)11-10-23(3,4)17-7-9-19-20(13-17)27(5)22(24)26-19/h6-9,12-15H,10-11H2,1-5H3,(H2,24,26). The van der Waals surface area contributed by atoms with Gasteiger partial charge in [0.25, 0.3) is 0 Å². The molecule has 0 spiro atoms. The van der Waals surface area contributed by atoms with Gasteiger partial charge in [0, 0.05) is 13.6 Å². The zero-order valence-electron chi connectivity index (χ0n) is 17.4. The van der Waals surface area contributed by atoms with Crippen LogP contribution in [-0.2, 0) is 19.0 Å². The first-order valence-corrected chi connectivity index (χ1v) is 9.93. The van der Waals surface area contributed by atoms with Crippen LogP contribution in [0.15, 0.2) is 42.7 Å². The Bertz CT molecular complexity index is 1150. The van der Waals surface area contributed by atoms with E-state index in [1.54, 1.807) is 0 Å². The normalized spacial score (nSPS) is 12.5. The summed E-state index contributed by atoms with van der Waals surface area (Å²) < 4.78 is 4.23. The minimum Gasteiger partial charge on any atom is -0.369 e. The average Bonchev–Trinajstić information content (AvgIpc) is 3.20. The average molecular weight is 376 g/mol. The third-order valence-electron chi connectivity index (χ3n) is 5.99. The second-order valence-corrected chi connectivity index (χ2v) is 8.71. The van der Waals surface area contributed by atoms with E-state index in [4.69, 9.17) is 5.73 Å². The molecule has 0 saturated carbocycles. The molecule has 0 aliphatic rings. The Balaban J connectivity index is 1.61. The van der Waals surface area contributed by atoms with E-state index in [9.17, 15) is 0 Å². The molecule has 2 heterocycles. The van der Waals surface area contributed by atoms with E-state index >= 15 is 0 Å².